The van der Waals surface area contributed by atoms with Gasteiger partial charge < -0.3 is 4.57 Å². The standard InChI is InChI=1S/C53H33N3S/c1-2-11-39(12-3-1)55-47-18-7-4-13-41(47)43-28-25-37(32-50(43)55)36-26-29-49-46(31-36)42-14-5-8-19-48(42)56(49)52-30-27-38(33-54-52)34-21-23-35(24-22-34)40-16-10-17-45-44-15-6-9-20-51(44)57-53(40)45/h1-33H. The second-order valence-electron chi connectivity index (χ2n) is 14.8. The Morgan fingerprint density at radius 2 is 0.947 bits per heavy atom. The van der Waals surface area contributed by atoms with Crippen LogP contribution in [0.1, 0.15) is 0 Å². The predicted molar refractivity (Wildman–Crippen MR) is 242 cm³/mol. The Labute approximate surface area is 333 Å². The van der Waals surface area contributed by atoms with E-state index in [2.05, 4.69) is 203 Å². The second kappa shape index (κ2) is 12.6. The number of hydrogen-bond acceptors (Lipinski definition) is 2. The monoisotopic (exact) mass is 743 g/mol. The normalized spacial score (nSPS) is 11.9. The van der Waals surface area contributed by atoms with Crippen LogP contribution in [0.2, 0.25) is 0 Å². The van der Waals surface area contributed by atoms with Crippen LogP contribution in [0.5, 0.6) is 0 Å². The molecule has 0 atom stereocenters. The summed E-state index contributed by atoms with van der Waals surface area (Å²) in [5, 5.41) is 7.59. The summed E-state index contributed by atoms with van der Waals surface area (Å²) in [6.07, 6.45) is 2.01. The maximum atomic E-state index is 5.08. The SMILES string of the molecule is c1ccc(-n2c3ccccc3c3ccc(-c4ccc5c(c4)c4ccccc4n5-c4ccc(-c5ccc(-c6cccc7c6sc6ccccc67)cc5)cn4)cc32)cc1. The average molecular weight is 744 g/mol. The number of aromatic nitrogens is 3. The van der Waals surface area contributed by atoms with Crippen LogP contribution in [-0.2, 0) is 0 Å². The molecule has 4 aromatic heterocycles. The van der Waals surface area contributed by atoms with E-state index in [-0.39, 0.29) is 0 Å². The number of benzene rings is 8. The van der Waals surface area contributed by atoms with Gasteiger partial charge in [-0.2, -0.15) is 0 Å². The van der Waals surface area contributed by atoms with Crippen LogP contribution in [0.25, 0.3) is 109 Å². The fourth-order valence-corrected chi connectivity index (χ4v) is 10.1. The van der Waals surface area contributed by atoms with Crippen molar-refractivity contribution in [3.8, 4) is 44.9 Å². The van der Waals surface area contributed by atoms with Crippen molar-refractivity contribution in [1.29, 1.82) is 0 Å². The second-order valence-corrected chi connectivity index (χ2v) is 15.8. The van der Waals surface area contributed by atoms with E-state index < -0.39 is 0 Å². The fourth-order valence-electron chi connectivity index (χ4n) is 8.91. The number of thiophene rings is 1. The lowest BCUT2D eigenvalue weighted by Gasteiger charge is -2.10. The minimum Gasteiger partial charge on any atom is -0.309 e. The van der Waals surface area contributed by atoms with Crippen LogP contribution >= 0.6 is 11.3 Å². The van der Waals surface area contributed by atoms with E-state index >= 15 is 0 Å². The van der Waals surface area contributed by atoms with Gasteiger partial charge in [-0.3, -0.25) is 4.57 Å². The first-order chi connectivity index (χ1) is 28.3. The molecule has 0 aliphatic carbocycles. The van der Waals surface area contributed by atoms with E-state index in [1.807, 2.05) is 17.5 Å². The van der Waals surface area contributed by atoms with Crippen molar-refractivity contribution in [2.45, 2.75) is 0 Å². The van der Waals surface area contributed by atoms with Crippen molar-refractivity contribution in [2.24, 2.45) is 0 Å². The highest BCUT2D eigenvalue weighted by atomic mass is 32.1. The van der Waals surface area contributed by atoms with E-state index in [4.69, 9.17) is 4.98 Å². The van der Waals surface area contributed by atoms with Crippen LogP contribution in [0, 0.1) is 0 Å². The molecule has 0 aliphatic heterocycles. The zero-order valence-electron chi connectivity index (χ0n) is 30.8. The summed E-state index contributed by atoms with van der Waals surface area (Å²) in [7, 11) is 0. The molecule has 0 bridgehead atoms. The molecule has 0 saturated heterocycles. The van der Waals surface area contributed by atoms with E-state index in [0.717, 1.165) is 33.7 Å². The van der Waals surface area contributed by atoms with Gasteiger partial charge >= 0.3 is 0 Å². The zero-order valence-corrected chi connectivity index (χ0v) is 31.6. The van der Waals surface area contributed by atoms with Crippen LogP contribution in [-0.4, -0.2) is 14.1 Å². The molecule has 0 aliphatic rings. The summed E-state index contributed by atoms with van der Waals surface area (Å²) >= 11 is 1.87. The molecule has 57 heavy (non-hydrogen) atoms. The Balaban J connectivity index is 0.912. The van der Waals surface area contributed by atoms with E-state index in [1.165, 1.54) is 75.0 Å². The first-order valence-electron chi connectivity index (χ1n) is 19.4. The molecule has 0 saturated carbocycles. The molecule has 12 aromatic rings. The van der Waals surface area contributed by atoms with Crippen molar-refractivity contribution in [1.82, 2.24) is 14.1 Å². The van der Waals surface area contributed by atoms with Crippen molar-refractivity contribution < 1.29 is 0 Å². The molecule has 0 fully saturated rings. The number of fused-ring (bicyclic) bond motifs is 9. The third-order valence-corrected chi connectivity index (χ3v) is 12.8. The van der Waals surface area contributed by atoms with E-state index in [0.29, 0.717) is 0 Å². The van der Waals surface area contributed by atoms with Crippen molar-refractivity contribution in [3.63, 3.8) is 0 Å². The highest BCUT2D eigenvalue weighted by Crippen LogP contribution is 2.41. The zero-order chi connectivity index (χ0) is 37.5. The fraction of sp³-hybridized carbons (Fsp3) is 0. The summed E-state index contributed by atoms with van der Waals surface area (Å²) in [4.78, 5) is 5.08. The maximum Gasteiger partial charge on any atom is 0.137 e. The first kappa shape index (κ1) is 32.0. The molecule has 8 aromatic carbocycles. The van der Waals surface area contributed by atoms with Gasteiger partial charge in [0.05, 0.1) is 22.1 Å². The quantitative estimate of drug-likeness (QED) is 0.172. The molecule has 0 radical (unpaired) electrons. The van der Waals surface area contributed by atoms with Gasteiger partial charge in [0.1, 0.15) is 5.82 Å². The topological polar surface area (TPSA) is 22.8 Å². The van der Waals surface area contributed by atoms with Crippen molar-refractivity contribution in [2.75, 3.05) is 0 Å². The average Bonchev–Trinajstić information content (AvgIpc) is 3.94. The van der Waals surface area contributed by atoms with Gasteiger partial charge in [-0.1, -0.05) is 133 Å². The molecule has 266 valence electrons. The summed E-state index contributed by atoms with van der Waals surface area (Å²) in [5.74, 6) is 0.902. The molecule has 4 heteroatoms. The highest BCUT2D eigenvalue weighted by molar-refractivity contribution is 7.26. The molecule has 0 N–H and O–H groups in total. The molecule has 12 rings (SSSR count). The minimum atomic E-state index is 0.902. The van der Waals surface area contributed by atoms with Gasteiger partial charge in [-0.05, 0) is 88.5 Å². The van der Waals surface area contributed by atoms with Crippen LogP contribution in [0.3, 0.4) is 0 Å². The van der Waals surface area contributed by atoms with Gasteiger partial charge in [0.2, 0.25) is 0 Å². The summed E-state index contributed by atoms with van der Waals surface area (Å²) in [6.45, 7) is 0. The molecular weight excluding hydrogens is 711 g/mol. The molecule has 0 unspecified atom stereocenters. The minimum absolute atomic E-state index is 0.902. The lowest BCUT2D eigenvalue weighted by atomic mass is 9.99. The van der Waals surface area contributed by atoms with E-state index in [9.17, 15) is 0 Å². The van der Waals surface area contributed by atoms with E-state index in [1.54, 1.807) is 0 Å². The number of rotatable bonds is 5. The van der Waals surface area contributed by atoms with Gasteiger partial charge in [0, 0.05) is 59.2 Å². The number of hydrogen-bond donors (Lipinski definition) is 0. The molecular formula is C53H33N3S. The number of para-hydroxylation sites is 3. The molecule has 4 heterocycles. The Bertz CT molecular complexity index is 3500. The van der Waals surface area contributed by atoms with Gasteiger partial charge in [-0.15, -0.1) is 11.3 Å². The molecule has 0 spiro atoms. The van der Waals surface area contributed by atoms with Crippen molar-refractivity contribution in [3.05, 3.63) is 200 Å². The largest absolute Gasteiger partial charge is 0.309 e. The lowest BCUT2D eigenvalue weighted by molar-refractivity contribution is 1.08. The van der Waals surface area contributed by atoms with Crippen LogP contribution in [0.4, 0.5) is 0 Å². The first-order valence-corrected chi connectivity index (χ1v) is 20.2. The highest BCUT2D eigenvalue weighted by Gasteiger charge is 2.17. The Kier molecular flexibility index (Phi) is 7.10. The smallest absolute Gasteiger partial charge is 0.137 e. The molecule has 3 nitrogen and oxygen atoms in total. The Hall–Kier alpha value is -7.27. The third-order valence-electron chi connectivity index (χ3n) is 11.6. The summed E-state index contributed by atoms with van der Waals surface area (Å²) < 4.78 is 7.34. The Morgan fingerprint density at radius 3 is 1.75 bits per heavy atom. The van der Waals surface area contributed by atoms with Gasteiger partial charge in [0.25, 0.3) is 0 Å². The molecule has 0 amide bonds. The Morgan fingerprint density at radius 1 is 0.351 bits per heavy atom. The summed E-state index contributed by atoms with van der Waals surface area (Å²) in [5.41, 5.74) is 13.0. The van der Waals surface area contributed by atoms with Crippen LogP contribution in [0.15, 0.2) is 200 Å². The lowest BCUT2D eigenvalue weighted by Crippen LogP contribution is -1.97. The predicted octanol–water partition coefficient (Wildman–Crippen LogP) is 14.6. The van der Waals surface area contributed by atoms with Crippen LogP contribution < -0.4 is 0 Å². The van der Waals surface area contributed by atoms with Crippen molar-refractivity contribution >= 4 is 75.1 Å². The maximum absolute atomic E-state index is 5.08. The third kappa shape index (κ3) is 5.01. The number of pyridine rings is 1. The van der Waals surface area contributed by atoms with Gasteiger partial charge in [-0.25, -0.2) is 4.98 Å². The van der Waals surface area contributed by atoms with Gasteiger partial charge in [0.15, 0.2) is 0 Å². The number of nitrogens with zero attached hydrogens (tertiary/aromatic N) is 3. The summed E-state index contributed by atoms with van der Waals surface area (Å²) in [6, 6.07) is 70.4.